The monoisotopic (exact) mass is 328 g/mol. The fourth-order valence-corrected chi connectivity index (χ4v) is 5.43. The van der Waals surface area contributed by atoms with E-state index in [4.69, 9.17) is 0 Å². The van der Waals surface area contributed by atoms with Crippen LogP contribution in [0.25, 0.3) is 0 Å². The Morgan fingerprint density at radius 3 is 2.57 bits per heavy atom. The third kappa shape index (κ3) is 2.35. The lowest BCUT2D eigenvalue weighted by Gasteiger charge is -2.38. The summed E-state index contributed by atoms with van der Waals surface area (Å²) < 4.78 is 27.6. The number of piperazine rings is 1. The minimum atomic E-state index is -3.41. The molecule has 2 aromatic carbocycles. The zero-order valence-electron chi connectivity index (χ0n) is 13.1. The van der Waals surface area contributed by atoms with Gasteiger partial charge in [0.15, 0.2) is 0 Å². The van der Waals surface area contributed by atoms with Crippen LogP contribution in [0.5, 0.6) is 0 Å². The van der Waals surface area contributed by atoms with Crippen molar-refractivity contribution in [2.45, 2.75) is 24.3 Å². The minimum Gasteiger partial charge on any atom is -0.365 e. The highest BCUT2D eigenvalue weighted by Crippen LogP contribution is 2.35. The average molecular weight is 328 g/mol. The molecule has 2 aromatic rings. The molecule has 0 aliphatic carbocycles. The molecule has 0 spiro atoms. The smallest absolute Gasteiger partial charge is 0.243 e. The van der Waals surface area contributed by atoms with Crippen molar-refractivity contribution < 1.29 is 8.42 Å². The SMILES string of the molecule is Cc1ccccc1S(=O)(=O)N1CCN2c3ccccc3CC2C1. The van der Waals surface area contributed by atoms with Crippen LogP contribution in [0.2, 0.25) is 0 Å². The van der Waals surface area contributed by atoms with Gasteiger partial charge in [0.05, 0.1) is 4.90 Å². The van der Waals surface area contributed by atoms with Crippen molar-refractivity contribution in [3.8, 4) is 0 Å². The first kappa shape index (κ1) is 14.7. The zero-order valence-corrected chi connectivity index (χ0v) is 14.0. The molecule has 0 saturated carbocycles. The van der Waals surface area contributed by atoms with Crippen LogP contribution < -0.4 is 4.90 Å². The van der Waals surface area contributed by atoms with Crippen LogP contribution in [-0.4, -0.2) is 38.4 Å². The number of sulfonamides is 1. The lowest BCUT2D eigenvalue weighted by atomic mass is 10.1. The summed E-state index contributed by atoms with van der Waals surface area (Å²) in [5.74, 6) is 0. The standard InChI is InChI=1S/C18H20N2O2S/c1-14-6-2-5-9-18(14)23(21,22)19-10-11-20-16(13-19)12-15-7-3-4-8-17(15)20/h2-9,16H,10-13H2,1H3. The molecule has 0 N–H and O–H groups in total. The molecular weight excluding hydrogens is 308 g/mol. The molecule has 2 heterocycles. The Hall–Kier alpha value is -1.85. The molecule has 1 unspecified atom stereocenters. The molecule has 1 atom stereocenters. The maximum absolute atomic E-state index is 13.0. The molecule has 0 bridgehead atoms. The van der Waals surface area contributed by atoms with E-state index in [0.717, 1.165) is 18.5 Å². The molecule has 5 heteroatoms. The summed E-state index contributed by atoms with van der Waals surface area (Å²) >= 11 is 0. The van der Waals surface area contributed by atoms with Gasteiger partial charge in [0.25, 0.3) is 0 Å². The van der Waals surface area contributed by atoms with Crippen molar-refractivity contribution in [3.63, 3.8) is 0 Å². The lowest BCUT2D eigenvalue weighted by Crippen LogP contribution is -2.53. The predicted molar refractivity (Wildman–Crippen MR) is 91.2 cm³/mol. The van der Waals surface area contributed by atoms with Crippen molar-refractivity contribution in [1.82, 2.24) is 4.31 Å². The van der Waals surface area contributed by atoms with Gasteiger partial charge in [0.1, 0.15) is 0 Å². The Morgan fingerprint density at radius 1 is 1.00 bits per heavy atom. The number of fused-ring (bicyclic) bond motifs is 3. The molecule has 0 amide bonds. The van der Waals surface area contributed by atoms with Crippen LogP contribution in [0.15, 0.2) is 53.4 Å². The molecule has 2 aliphatic heterocycles. The predicted octanol–water partition coefficient (Wildman–Crippen LogP) is 2.43. The Kier molecular flexibility index (Phi) is 3.43. The number of aryl methyl sites for hydroxylation is 1. The second-order valence-electron chi connectivity index (χ2n) is 6.31. The molecule has 0 aromatic heterocycles. The number of nitrogens with zero attached hydrogens (tertiary/aromatic N) is 2. The molecule has 1 saturated heterocycles. The molecule has 0 radical (unpaired) electrons. The molecule has 4 nitrogen and oxygen atoms in total. The second-order valence-corrected chi connectivity index (χ2v) is 8.21. The summed E-state index contributed by atoms with van der Waals surface area (Å²) in [5.41, 5.74) is 3.41. The van der Waals surface area contributed by atoms with Gasteiger partial charge in [-0.2, -0.15) is 4.31 Å². The van der Waals surface area contributed by atoms with Crippen LogP contribution in [0.4, 0.5) is 5.69 Å². The van der Waals surface area contributed by atoms with Gasteiger partial charge in [0, 0.05) is 31.4 Å². The number of benzene rings is 2. The average Bonchev–Trinajstić information content (AvgIpc) is 2.92. The Bertz CT molecular complexity index is 848. The summed E-state index contributed by atoms with van der Waals surface area (Å²) in [6.45, 7) is 3.72. The van der Waals surface area contributed by atoms with E-state index < -0.39 is 10.0 Å². The van der Waals surface area contributed by atoms with Gasteiger partial charge in [-0.15, -0.1) is 0 Å². The number of anilines is 1. The third-order valence-corrected chi connectivity index (χ3v) is 6.94. The normalized spacial score (nSPS) is 21.1. The first-order valence-electron chi connectivity index (χ1n) is 7.98. The number of para-hydroxylation sites is 1. The van der Waals surface area contributed by atoms with Crippen LogP contribution >= 0.6 is 0 Å². The van der Waals surface area contributed by atoms with Crippen molar-refractivity contribution in [2.75, 3.05) is 24.5 Å². The molecule has 2 aliphatic rings. The van der Waals surface area contributed by atoms with E-state index in [1.54, 1.807) is 16.4 Å². The van der Waals surface area contributed by atoms with Gasteiger partial charge < -0.3 is 4.90 Å². The lowest BCUT2D eigenvalue weighted by molar-refractivity contribution is 0.339. The summed E-state index contributed by atoms with van der Waals surface area (Å²) in [6, 6.07) is 15.9. The maximum atomic E-state index is 13.0. The van der Waals surface area contributed by atoms with Crippen LogP contribution in [-0.2, 0) is 16.4 Å². The summed E-state index contributed by atoms with van der Waals surface area (Å²) in [5, 5.41) is 0. The molecule has 4 rings (SSSR count). The third-order valence-electron chi connectivity index (χ3n) is 4.91. The highest BCUT2D eigenvalue weighted by Gasteiger charge is 2.38. The van der Waals surface area contributed by atoms with Gasteiger partial charge in [0.2, 0.25) is 10.0 Å². The number of rotatable bonds is 2. The molecule has 1 fully saturated rings. The second kappa shape index (κ2) is 5.35. The van der Waals surface area contributed by atoms with Gasteiger partial charge in [-0.1, -0.05) is 36.4 Å². The summed E-state index contributed by atoms with van der Waals surface area (Å²) in [4.78, 5) is 2.79. The van der Waals surface area contributed by atoms with E-state index in [-0.39, 0.29) is 6.04 Å². The molecule has 23 heavy (non-hydrogen) atoms. The quantitative estimate of drug-likeness (QED) is 0.850. The van der Waals surface area contributed by atoms with Gasteiger partial charge in [-0.3, -0.25) is 0 Å². The van der Waals surface area contributed by atoms with E-state index in [0.29, 0.717) is 18.0 Å². The Labute approximate surface area is 137 Å². The summed E-state index contributed by atoms with van der Waals surface area (Å²) in [7, 11) is -3.41. The van der Waals surface area contributed by atoms with E-state index in [1.165, 1.54) is 11.3 Å². The zero-order chi connectivity index (χ0) is 16.0. The van der Waals surface area contributed by atoms with Crippen molar-refractivity contribution in [1.29, 1.82) is 0 Å². The van der Waals surface area contributed by atoms with Gasteiger partial charge in [-0.05, 0) is 36.6 Å². The highest BCUT2D eigenvalue weighted by molar-refractivity contribution is 7.89. The molecular formula is C18H20N2O2S. The van der Waals surface area contributed by atoms with Crippen molar-refractivity contribution in [2.24, 2.45) is 0 Å². The van der Waals surface area contributed by atoms with E-state index in [2.05, 4.69) is 29.2 Å². The van der Waals surface area contributed by atoms with Crippen LogP contribution in [0, 0.1) is 6.92 Å². The van der Waals surface area contributed by atoms with Gasteiger partial charge >= 0.3 is 0 Å². The fourth-order valence-electron chi connectivity index (χ4n) is 3.74. The number of hydrogen-bond donors (Lipinski definition) is 0. The minimum absolute atomic E-state index is 0.250. The largest absolute Gasteiger partial charge is 0.365 e. The first-order chi connectivity index (χ1) is 11.1. The first-order valence-corrected chi connectivity index (χ1v) is 9.42. The van der Waals surface area contributed by atoms with E-state index in [9.17, 15) is 8.42 Å². The van der Waals surface area contributed by atoms with Gasteiger partial charge in [-0.25, -0.2) is 8.42 Å². The van der Waals surface area contributed by atoms with E-state index >= 15 is 0 Å². The van der Waals surface area contributed by atoms with Crippen LogP contribution in [0.3, 0.4) is 0 Å². The number of hydrogen-bond acceptors (Lipinski definition) is 3. The maximum Gasteiger partial charge on any atom is 0.243 e. The van der Waals surface area contributed by atoms with E-state index in [1.807, 2.05) is 19.1 Å². The summed E-state index contributed by atoms with van der Waals surface area (Å²) in [6.07, 6.45) is 0.927. The Morgan fingerprint density at radius 2 is 1.74 bits per heavy atom. The van der Waals surface area contributed by atoms with Crippen molar-refractivity contribution >= 4 is 15.7 Å². The van der Waals surface area contributed by atoms with Crippen LogP contribution in [0.1, 0.15) is 11.1 Å². The Balaban J connectivity index is 1.62. The van der Waals surface area contributed by atoms with Crippen molar-refractivity contribution in [3.05, 3.63) is 59.7 Å². The highest BCUT2D eigenvalue weighted by atomic mass is 32.2. The molecule has 120 valence electrons. The topological polar surface area (TPSA) is 40.6 Å². The fraction of sp³-hybridized carbons (Fsp3) is 0.333.